The minimum absolute atomic E-state index is 0.0677. The zero-order chi connectivity index (χ0) is 14.4. The van der Waals surface area contributed by atoms with Crippen molar-refractivity contribution in [2.45, 2.75) is 18.0 Å². The lowest BCUT2D eigenvalue weighted by Crippen LogP contribution is -2.13. The maximum absolute atomic E-state index is 12.1. The lowest BCUT2D eigenvalue weighted by atomic mass is 10.2. The van der Waals surface area contributed by atoms with E-state index in [2.05, 4.69) is 0 Å². The van der Waals surface area contributed by atoms with E-state index >= 15 is 0 Å². The Hall–Kier alpha value is -1.63. The van der Waals surface area contributed by atoms with E-state index in [1.807, 2.05) is 0 Å². The number of hydrogen-bond acceptors (Lipinski definition) is 5. The molecule has 5 nitrogen and oxygen atoms in total. The molecule has 108 valence electrons. The molecular weight excluding hydrogens is 278 g/mol. The van der Waals surface area contributed by atoms with E-state index in [0.717, 1.165) is 5.56 Å². The molecule has 0 aliphatic rings. The Balaban J connectivity index is 1.90. The summed E-state index contributed by atoms with van der Waals surface area (Å²) in [7, 11) is -3.35. The van der Waals surface area contributed by atoms with Crippen molar-refractivity contribution in [2.75, 3.05) is 12.4 Å². The van der Waals surface area contributed by atoms with Crippen LogP contribution in [0.4, 0.5) is 0 Å². The van der Waals surface area contributed by atoms with Crippen LogP contribution in [0, 0.1) is 0 Å². The first-order chi connectivity index (χ1) is 9.62. The summed E-state index contributed by atoms with van der Waals surface area (Å²) in [6, 6.07) is 10.2. The molecule has 0 spiro atoms. The van der Waals surface area contributed by atoms with Crippen molar-refractivity contribution < 1.29 is 17.6 Å². The van der Waals surface area contributed by atoms with Gasteiger partial charge in [-0.1, -0.05) is 12.1 Å². The second-order valence-electron chi connectivity index (χ2n) is 4.30. The predicted molar refractivity (Wildman–Crippen MR) is 74.8 cm³/mol. The largest absolute Gasteiger partial charge is 0.467 e. The molecule has 1 heterocycles. The fourth-order valence-corrected chi connectivity index (χ4v) is 2.91. The Kier molecular flexibility index (Phi) is 4.94. The van der Waals surface area contributed by atoms with Gasteiger partial charge >= 0.3 is 0 Å². The molecular formula is C14H17NO4S. The zero-order valence-corrected chi connectivity index (χ0v) is 11.8. The average Bonchev–Trinajstić information content (AvgIpc) is 2.97. The summed E-state index contributed by atoms with van der Waals surface area (Å²) in [5.41, 5.74) is 6.30. The van der Waals surface area contributed by atoms with Gasteiger partial charge in [0.15, 0.2) is 9.84 Å². The third-order valence-electron chi connectivity index (χ3n) is 2.81. The van der Waals surface area contributed by atoms with Gasteiger partial charge in [0.1, 0.15) is 12.4 Å². The highest BCUT2D eigenvalue weighted by molar-refractivity contribution is 7.91. The number of ether oxygens (including phenoxy) is 1. The molecule has 1 aromatic carbocycles. The van der Waals surface area contributed by atoms with Crippen LogP contribution in [0.25, 0.3) is 0 Å². The molecule has 0 bridgehead atoms. The molecule has 0 radical (unpaired) electrons. The normalized spacial score (nSPS) is 11.7. The maximum atomic E-state index is 12.1. The van der Waals surface area contributed by atoms with Gasteiger partial charge in [-0.05, 0) is 29.8 Å². The van der Waals surface area contributed by atoms with Crippen molar-refractivity contribution in [3.05, 3.63) is 54.0 Å². The summed E-state index contributed by atoms with van der Waals surface area (Å²) in [6.45, 7) is 0.708. The van der Waals surface area contributed by atoms with Crippen molar-refractivity contribution in [1.82, 2.24) is 0 Å². The summed E-state index contributed by atoms with van der Waals surface area (Å²) in [4.78, 5) is 0.280. The van der Waals surface area contributed by atoms with E-state index in [-0.39, 0.29) is 23.9 Å². The first-order valence-corrected chi connectivity index (χ1v) is 7.89. The number of nitrogens with two attached hydrogens (primary N) is 1. The molecule has 0 fully saturated rings. The monoisotopic (exact) mass is 295 g/mol. The number of hydrogen-bond donors (Lipinski definition) is 1. The second-order valence-corrected chi connectivity index (χ2v) is 6.41. The van der Waals surface area contributed by atoms with Crippen molar-refractivity contribution in [2.24, 2.45) is 5.73 Å². The van der Waals surface area contributed by atoms with Gasteiger partial charge < -0.3 is 14.9 Å². The molecule has 2 aromatic rings. The summed E-state index contributed by atoms with van der Waals surface area (Å²) in [6.07, 6.45) is 1.55. The number of furan rings is 1. The minimum atomic E-state index is -3.35. The topological polar surface area (TPSA) is 82.5 Å². The van der Waals surface area contributed by atoms with Gasteiger partial charge in [0, 0.05) is 6.54 Å². The van der Waals surface area contributed by atoms with E-state index in [4.69, 9.17) is 14.9 Å². The summed E-state index contributed by atoms with van der Waals surface area (Å²) >= 11 is 0. The van der Waals surface area contributed by atoms with Gasteiger partial charge in [-0.25, -0.2) is 8.42 Å². The Morgan fingerprint density at radius 1 is 1.20 bits per heavy atom. The van der Waals surface area contributed by atoms with Crippen molar-refractivity contribution >= 4 is 9.84 Å². The van der Waals surface area contributed by atoms with Crippen LogP contribution in [0.2, 0.25) is 0 Å². The molecule has 0 amide bonds. The van der Waals surface area contributed by atoms with Crippen molar-refractivity contribution in [1.29, 1.82) is 0 Å². The predicted octanol–water partition coefficient (Wildman–Crippen LogP) is 1.73. The number of benzene rings is 1. The highest BCUT2D eigenvalue weighted by atomic mass is 32.2. The van der Waals surface area contributed by atoms with Crippen molar-refractivity contribution in [3.63, 3.8) is 0 Å². The second kappa shape index (κ2) is 6.69. The van der Waals surface area contributed by atoms with E-state index in [0.29, 0.717) is 12.3 Å². The summed E-state index contributed by atoms with van der Waals surface area (Å²) in [5.74, 6) is 0.606. The lowest BCUT2D eigenvalue weighted by Gasteiger charge is -2.06. The van der Waals surface area contributed by atoms with Crippen LogP contribution in [-0.2, 0) is 27.7 Å². The van der Waals surface area contributed by atoms with Crippen LogP contribution in [0.15, 0.2) is 52.0 Å². The molecule has 0 atom stereocenters. The van der Waals surface area contributed by atoms with Gasteiger partial charge in [0.2, 0.25) is 0 Å². The molecule has 20 heavy (non-hydrogen) atoms. The lowest BCUT2D eigenvalue weighted by molar-refractivity contribution is 0.119. The molecule has 0 aliphatic carbocycles. The first-order valence-electron chi connectivity index (χ1n) is 6.24. The van der Waals surface area contributed by atoms with Crippen LogP contribution in [-0.4, -0.2) is 20.8 Å². The number of rotatable bonds is 7. The highest BCUT2D eigenvalue weighted by Gasteiger charge is 2.14. The fourth-order valence-electron chi connectivity index (χ4n) is 1.72. The van der Waals surface area contributed by atoms with Crippen molar-refractivity contribution in [3.8, 4) is 0 Å². The zero-order valence-electron chi connectivity index (χ0n) is 11.0. The molecule has 0 saturated carbocycles. The Morgan fingerprint density at radius 2 is 2.05 bits per heavy atom. The van der Waals surface area contributed by atoms with Crippen LogP contribution in [0.5, 0.6) is 0 Å². The van der Waals surface area contributed by atoms with E-state index in [9.17, 15) is 8.42 Å². The third-order valence-corrected chi connectivity index (χ3v) is 4.49. The van der Waals surface area contributed by atoms with E-state index < -0.39 is 9.84 Å². The minimum Gasteiger partial charge on any atom is -0.467 e. The molecule has 6 heteroatoms. The van der Waals surface area contributed by atoms with Crippen LogP contribution in [0.1, 0.15) is 11.3 Å². The van der Waals surface area contributed by atoms with Crippen LogP contribution < -0.4 is 5.73 Å². The fraction of sp³-hybridized carbons (Fsp3) is 0.286. The van der Waals surface area contributed by atoms with Crippen LogP contribution in [0.3, 0.4) is 0 Å². The standard InChI is InChI=1S/C14H17NO4S/c15-10-12-3-1-5-14(9-12)20(16,17)8-7-18-11-13-4-2-6-19-13/h1-6,9H,7-8,10-11,15H2. The van der Waals surface area contributed by atoms with Gasteiger partial charge in [-0.15, -0.1) is 0 Å². The Morgan fingerprint density at radius 3 is 2.75 bits per heavy atom. The Bertz CT molecular complexity index is 635. The quantitative estimate of drug-likeness (QED) is 0.787. The maximum Gasteiger partial charge on any atom is 0.180 e. The SMILES string of the molecule is NCc1cccc(S(=O)(=O)CCOCc2ccco2)c1. The summed E-state index contributed by atoms with van der Waals surface area (Å²) in [5, 5.41) is 0. The van der Waals surface area contributed by atoms with Gasteiger partial charge in [0.25, 0.3) is 0 Å². The molecule has 0 saturated heterocycles. The first kappa shape index (κ1) is 14.8. The summed E-state index contributed by atoms with van der Waals surface area (Å²) < 4.78 is 34.6. The van der Waals surface area contributed by atoms with Gasteiger partial charge in [-0.3, -0.25) is 0 Å². The van der Waals surface area contributed by atoms with Crippen LogP contribution >= 0.6 is 0 Å². The van der Waals surface area contributed by atoms with E-state index in [1.54, 1.807) is 42.7 Å². The molecule has 0 unspecified atom stereocenters. The van der Waals surface area contributed by atoms with Gasteiger partial charge in [-0.2, -0.15) is 0 Å². The molecule has 2 rings (SSSR count). The van der Waals surface area contributed by atoms with Gasteiger partial charge in [0.05, 0.1) is 23.5 Å². The number of sulfone groups is 1. The molecule has 2 N–H and O–H groups in total. The third kappa shape index (κ3) is 3.93. The Labute approximate surface area is 118 Å². The molecule has 1 aromatic heterocycles. The van der Waals surface area contributed by atoms with E-state index in [1.165, 1.54) is 0 Å². The smallest absolute Gasteiger partial charge is 0.180 e. The highest BCUT2D eigenvalue weighted by Crippen LogP contribution is 2.13. The average molecular weight is 295 g/mol. The molecule has 0 aliphatic heterocycles.